The standard InChI is InChI=1S/C21H22ClN3O3/c1-3-28-20-18(22)10-17(11-19(20)27-2)21(26)24-12-15-5-4-6-16(9-15)13-25-8-7-23-14-25/h4-11,14H,3,12-13H2,1-2H3,(H,24,26). The van der Waals surface area contributed by atoms with Gasteiger partial charge in [0, 0.05) is 31.0 Å². The molecular weight excluding hydrogens is 378 g/mol. The number of rotatable bonds is 8. The van der Waals surface area contributed by atoms with Gasteiger partial charge in [0.15, 0.2) is 11.5 Å². The Labute approximate surface area is 169 Å². The number of amides is 1. The fourth-order valence-corrected chi connectivity index (χ4v) is 3.11. The molecule has 28 heavy (non-hydrogen) atoms. The second-order valence-electron chi connectivity index (χ2n) is 6.16. The van der Waals surface area contributed by atoms with Crippen LogP contribution in [-0.4, -0.2) is 29.2 Å². The fraction of sp³-hybridized carbons (Fsp3) is 0.238. The molecule has 1 N–H and O–H groups in total. The van der Waals surface area contributed by atoms with E-state index in [9.17, 15) is 4.79 Å². The van der Waals surface area contributed by atoms with Gasteiger partial charge in [0.25, 0.3) is 5.91 Å². The highest BCUT2D eigenvalue weighted by molar-refractivity contribution is 6.32. The number of hydrogen-bond donors (Lipinski definition) is 1. The molecule has 0 saturated carbocycles. The highest BCUT2D eigenvalue weighted by Gasteiger charge is 2.15. The van der Waals surface area contributed by atoms with E-state index in [0.29, 0.717) is 35.2 Å². The first kappa shape index (κ1) is 19.8. The van der Waals surface area contributed by atoms with Gasteiger partial charge in [-0.3, -0.25) is 4.79 Å². The molecule has 0 radical (unpaired) electrons. The van der Waals surface area contributed by atoms with Gasteiger partial charge < -0.3 is 19.4 Å². The quantitative estimate of drug-likeness (QED) is 0.623. The minimum absolute atomic E-state index is 0.233. The average Bonchev–Trinajstić information content (AvgIpc) is 3.21. The Bertz CT molecular complexity index is 942. The minimum atomic E-state index is -0.233. The van der Waals surface area contributed by atoms with Crippen LogP contribution in [0.15, 0.2) is 55.1 Å². The lowest BCUT2D eigenvalue weighted by molar-refractivity contribution is 0.0950. The summed E-state index contributed by atoms with van der Waals surface area (Å²) >= 11 is 6.25. The number of halogens is 1. The maximum Gasteiger partial charge on any atom is 0.251 e. The van der Waals surface area contributed by atoms with E-state index in [1.807, 2.05) is 35.9 Å². The first-order valence-corrected chi connectivity index (χ1v) is 9.30. The molecule has 0 bridgehead atoms. The van der Waals surface area contributed by atoms with Crippen LogP contribution in [0.4, 0.5) is 0 Å². The Morgan fingerprint density at radius 3 is 2.79 bits per heavy atom. The van der Waals surface area contributed by atoms with E-state index in [4.69, 9.17) is 21.1 Å². The summed E-state index contributed by atoms with van der Waals surface area (Å²) in [7, 11) is 1.52. The first-order chi connectivity index (χ1) is 13.6. The van der Waals surface area contributed by atoms with Gasteiger partial charge in [-0.2, -0.15) is 0 Å². The molecule has 0 aliphatic heterocycles. The molecule has 0 saturated heterocycles. The Morgan fingerprint density at radius 1 is 1.25 bits per heavy atom. The van der Waals surface area contributed by atoms with Crippen LogP contribution in [0, 0.1) is 0 Å². The molecule has 0 atom stereocenters. The Hall–Kier alpha value is -2.99. The zero-order valence-corrected chi connectivity index (χ0v) is 16.6. The third-order valence-corrected chi connectivity index (χ3v) is 4.43. The van der Waals surface area contributed by atoms with E-state index in [1.54, 1.807) is 24.7 Å². The van der Waals surface area contributed by atoms with Crippen LogP contribution in [0.1, 0.15) is 28.4 Å². The maximum absolute atomic E-state index is 12.6. The van der Waals surface area contributed by atoms with E-state index in [2.05, 4.69) is 16.4 Å². The third-order valence-electron chi connectivity index (χ3n) is 4.15. The fourth-order valence-electron chi connectivity index (χ4n) is 2.85. The van der Waals surface area contributed by atoms with Crippen molar-refractivity contribution in [2.24, 2.45) is 0 Å². The number of aromatic nitrogens is 2. The van der Waals surface area contributed by atoms with E-state index in [0.717, 1.165) is 17.7 Å². The summed E-state index contributed by atoms with van der Waals surface area (Å²) < 4.78 is 12.8. The van der Waals surface area contributed by atoms with Crippen molar-refractivity contribution in [3.05, 3.63) is 76.8 Å². The second kappa shape index (κ2) is 9.28. The van der Waals surface area contributed by atoms with Crippen LogP contribution in [0.2, 0.25) is 5.02 Å². The van der Waals surface area contributed by atoms with Gasteiger partial charge in [-0.15, -0.1) is 0 Å². The van der Waals surface area contributed by atoms with Gasteiger partial charge in [-0.1, -0.05) is 35.9 Å². The number of imidazole rings is 1. The van der Waals surface area contributed by atoms with Crippen molar-refractivity contribution < 1.29 is 14.3 Å². The Morgan fingerprint density at radius 2 is 2.07 bits per heavy atom. The summed E-state index contributed by atoms with van der Waals surface area (Å²) in [5, 5.41) is 3.26. The van der Waals surface area contributed by atoms with Gasteiger partial charge in [-0.05, 0) is 30.2 Å². The summed E-state index contributed by atoms with van der Waals surface area (Å²) in [6, 6.07) is 11.3. The molecule has 0 aliphatic rings. The van der Waals surface area contributed by atoms with Crippen molar-refractivity contribution in [3.63, 3.8) is 0 Å². The van der Waals surface area contributed by atoms with Crippen molar-refractivity contribution in [1.29, 1.82) is 0 Å². The average molecular weight is 400 g/mol. The van der Waals surface area contributed by atoms with E-state index in [-0.39, 0.29) is 5.91 Å². The number of nitrogens with one attached hydrogen (secondary N) is 1. The number of ether oxygens (including phenoxy) is 2. The van der Waals surface area contributed by atoms with Crippen molar-refractivity contribution in [2.75, 3.05) is 13.7 Å². The topological polar surface area (TPSA) is 65.4 Å². The third kappa shape index (κ3) is 4.84. The van der Waals surface area contributed by atoms with Crippen LogP contribution in [0.3, 0.4) is 0 Å². The molecule has 0 fully saturated rings. The highest BCUT2D eigenvalue weighted by Crippen LogP contribution is 2.36. The van der Waals surface area contributed by atoms with Crippen molar-refractivity contribution in [3.8, 4) is 11.5 Å². The van der Waals surface area contributed by atoms with Gasteiger partial charge in [-0.25, -0.2) is 4.98 Å². The molecule has 1 heterocycles. The van der Waals surface area contributed by atoms with Crippen molar-refractivity contribution >= 4 is 17.5 Å². The smallest absolute Gasteiger partial charge is 0.251 e. The molecule has 0 spiro atoms. The highest BCUT2D eigenvalue weighted by atomic mass is 35.5. The molecule has 1 amide bonds. The Kier molecular flexibility index (Phi) is 6.55. The molecule has 7 heteroatoms. The van der Waals surface area contributed by atoms with Crippen LogP contribution >= 0.6 is 11.6 Å². The molecule has 1 aromatic heterocycles. The number of carbonyl (C=O) groups excluding carboxylic acids is 1. The van der Waals surface area contributed by atoms with Crippen molar-refractivity contribution in [2.45, 2.75) is 20.0 Å². The number of nitrogens with zero attached hydrogens (tertiary/aromatic N) is 2. The lowest BCUT2D eigenvalue weighted by Gasteiger charge is -2.13. The number of carbonyl (C=O) groups is 1. The molecule has 3 rings (SSSR count). The van der Waals surface area contributed by atoms with E-state index >= 15 is 0 Å². The first-order valence-electron chi connectivity index (χ1n) is 8.92. The normalized spacial score (nSPS) is 10.5. The summed E-state index contributed by atoms with van der Waals surface area (Å²) in [6.07, 6.45) is 5.44. The lowest BCUT2D eigenvalue weighted by atomic mass is 10.1. The second-order valence-corrected chi connectivity index (χ2v) is 6.57. The molecule has 2 aromatic carbocycles. The number of benzene rings is 2. The van der Waals surface area contributed by atoms with Gasteiger partial charge in [0.1, 0.15) is 0 Å². The van der Waals surface area contributed by atoms with E-state index < -0.39 is 0 Å². The van der Waals surface area contributed by atoms with E-state index in [1.165, 1.54) is 7.11 Å². The van der Waals surface area contributed by atoms with Crippen LogP contribution in [-0.2, 0) is 13.1 Å². The molecule has 6 nitrogen and oxygen atoms in total. The summed E-state index contributed by atoms with van der Waals surface area (Å²) in [6.45, 7) is 3.45. The molecule has 0 aliphatic carbocycles. The van der Waals surface area contributed by atoms with Crippen molar-refractivity contribution in [1.82, 2.24) is 14.9 Å². The van der Waals surface area contributed by atoms with Crippen LogP contribution < -0.4 is 14.8 Å². The molecule has 3 aromatic rings. The number of methoxy groups -OCH3 is 1. The Balaban J connectivity index is 1.68. The predicted molar refractivity (Wildman–Crippen MR) is 108 cm³/mol. The molecular formula is C21H22ClN3O3. The number of hydrogen-bond acceptors (Lipinski definition) is 4. The lowest BCUT2D eigenvalue weighted by Crippen LogP contribution is -2.23. The molecule has 0 unspecified atom stereocenters. The zero-order valence-electron chi connectivity index (χ0n) is 15.8. The summed E-state index contributed by atoms with van der Waals surface area (Å²) in [5.41, 5.74) is 2.56. The largest absolute Gasteiger partial charge is 0.493 e. The molecule has 146 valence electrons. The summed E-state index contributed by atoms with van der Waals surface area (Å²) in [4.78, 5) is 16.6. The van der Waals surface area contributed by atoms with Crippen LogP contribution in [0.5, 0.6) is 11.5 Å². The van der Waals surface area contributed by atoms with Gasteiger partial charge >= 0.3 is 0 Å². The minimum Gasteiger partial charge on any atom is -0.493 e. The van der Waals surface area contributed by atoms with Gasteiger partial charge in [0.05, 0.1) is 25.1 Å². The van der Waals surface area contributed by atoms with Gasteiger partial charge in [0.2, 0.25) is 0 Å². The maximum atomic E-state index is 12.6. The zero-order chi connectivity index (χ0) is 19.9. The predicted octanol–water partition coefficient (Wildman–Crippen LogP) is 3.92. The van der Waals surface area contributed by atoms with Crippen LogP contribution in [0.25, 0.3) is 0 Å². The summed E-state index contributed by atoms with van der Waals surface area (Å²) in [5.74, 6) is 0.639. The monoisotopic (exact) mass is 399 g/mol. The SMILES string of the molecule is CCOc1c(Cl)cc(C(=O)NCc2cccc(Cn3ccnc3)c2)cc1OC.